The maximum absolute atomic E-state index is 13.2. The first-order valence-corrected chi connectivity index (χ1v) is 7.06. The maximum atomic E-state index is 13.2. The molecule has 1 heterocycles. The van der Waals surface area contributed by atoms with Crippen molar-refractivity contribution >= 4 is 17.3 Å². The van der Waals surface area contributed by atoms with E-state index in [1.54, 1.807) is 6.07 Å². The number of nitrogens with zero attached hydrogens (tertiary/aromatic N) is 1. The zero-order chi connectivity index (χ0) is 12.5. The molecule has 0 radical (unpaired) electrons. The van der Waals surface area contributed by atoms with Crippen LogP contribution in [0.3, 0.4) is 0 Å². The predicted molar refractivity (Wildman–Crippen MR) is 72.8 cm³/mol. The fourth-order valence-electron chi connectivity index (χ4n) is 2.61. The third-order valence-electron chi connectivity index (χ3n) is 3.74. The predicted octanol–water partition coefficient (Wildman–Crippen LogP) is 3.20. The monoisotopic (exact) mass is 268 g/mol. The van der Waals surface area contributed by atoms with Crippen LogP contribution in [-0.4, -0.2) is 25.2 Å². The second-order valence-electron chi connectivity index (χ2n) is 5.32. The third kappa shape index (κ3) is 2.78. The highest BCUT2D eigenvalue weighted by atomic mass is 35.5. The van der Waals surface area contributed by atoms with Gasteiger partial charge in [0, 0.05) is 30.9 Å². The van der Waals surface area contributed by atoms with Gasteiger partial charge in [-0.1, -0.05) is 11.6 Å². The molecule has 18 heavy (non-hydrogen) atoms. The minimum Gasteiger partial charge on any atom is -0.370 e. The second kappa shape index (κ2) is 5.06. The Morgan fingerprint density at radius 2 is 2.06 bits per heavy atom. The summed E-state index contributed by atoms with van der Waals surface area (Å²) in [7, 11) is 0. The van der Waals surface area contributed by atoms with Crippen molar-refractivity contribution in [1.29, 1.82) is 0 Å². The Balaban J connectivity index is 1.68. The summed E-state index contributed by atoms with van der Waals surface area (Å²) in [4.78, 5) is 2.30. The normalized spacial score (nSPS) is 24.3. The number of piperidine rings is 1. The topological polar surface area (TPSA) is 15.3 Å². The molecule has 1 aromatic rings. The molecule has 3 rings (SSSR count). The molecule has 1 aromatic carbocycles. The minimum absolute atomic E-state index is 0.213. The zero-order valence-corrected chi connectivity index (χ0v) is 11.1. The highest BCUT2D eigenvalue weighted by Gasteiger charge is 2.27. The minimum atomic E-state index is -0.343. The lowest BCUT2D eigenvalue weighted by Crippen LogP contribution is -2.46. The van der Waals surface area contributed by atoms with Gasteiger partial charge in [0.15, 0.2) is 0 Å². The average molecular weight is 269 g/mol. The number of benzene rings is 1. The van der Waals surface area contributed by atoms with Crippen LogP contribution in [0.1, 0.15) is 25.7 Å². The van der Waals surface area contributed by atoms with Gasteiger partial charge >= 0.3 is 0 Å². The third-order valence-corrected chi connectivity index (χ3v) is 4.03. The van der Waals surface area contributed by atoms with Gasteiger partial charge in [-0.25, -0.2) is 4.39 Å². The standard InChI is InChI=1S/C14H18ClFN2/c15-13-8-12(5-6-14(13)16)18-7-1-2-11(9-18)17-10-3-4-10/h5-6,8,10-11,17H,1-4,7,9H2. The molecule has 2 aliphatic rings. The molecular formula is C14H18ClFN2. The molecule has 0 aromatic heterocycles. The Morgan fingerprint density at radius 1 is 1.22 bits per heavy atom. The van der Waals surface area contributed by atoms with Crippen LogP contribution in [-0.2, 0) is 0 Å². The number of hydrogen-bond donors (Lipinski definition) is 1. The Labute approximate surface area is 112 Å². The lowest BCUT2D eigenvalue weighted by molar-refractivity contribution is 0.420. The van der Waals surface area contributed by atoms with E-state index < -0.39 is 0 Å². The first-order chi connectivity index (χ1) is 8.72. The lowest BCUT2D eigenvalue weighted by atomic mass is 10.0. The van der Waals surface area contributed by atoms with Crippen LogP contribution < -0.4 is 10.2 Å². The quantitative estimate of drug-likeness (QED) is 0.906. The van der Waals surface area contributed by atoms with E-state index in [0.29, 0.717) is 6.04 Å². The molecule has 98 valence electrons. The molecule has 0 spiro atoms. The number of rotatable bonds is 3. The van der Waals surface area contributed by atoms with Crippen LogP contribution in [0.25, 0.3) is 0 Å². The highest BCUT2D eigenvalue weighted by Crippen LogP contribution is 2.27. The van der Waals surface area contributed by atoms with Gasteiger partial charge in [0.25, 0.3) is 0 Å². The molecule has 1 aliphatic heterocycles. The molecule has 2 nitrogen and oxygen atoms in total. The van der Waals surface area contributed by atoms with Gasteiger partial charge in [-0.2, -0.15) is 0 Å². The number of hydrogen-bond acceptors (Lipinski definition) is 2. The summed E-state index contributed by atoms with van der Waals surface area (Å²) in [6, 6.07) is 6.31. The number of nitrogens with one attached hydrogen (secondary N) is 1. The fourth-order valence-corrected chi connectivity index (χ4v) is 2.79. The van der Waals surface area contributed by atoms with Crippen molar-refractivity contribution in [2.24, 2.45) is 0 Å². The summed E-state index contributed by atoms with van der Waals surface area (Å²) < 4.78 is 13.2. The molecule has 1 unspecified atom stereocenters. The van der Waals surface area contributed by atoms with E-state index in [4.69, 9.17) is 11.6 Å². The Hall–Kier alpha value is -0.800. The van der Waals surface area contributed by atoms with Crippen molar-refractivity contribution in [2.75, 3.05) is 18.0 Å². The second-order valence-corrected chi connectivity index (χ2v) is 5.73. The fraction of sp³-hybridized carbons (Fsp3) is 0.571. The molecule has 0 bridgehead atoms. The number of halogens is 2. The van der Waals surface area contributed by atoms with Crippen LogP contribution in [0.15, 0.2) is 18.2 Å². The van der Waals surface area contributed by atoms with Crippen LogP contribution in [0.5, 0.6) is 0 Å². The smallest absolute Gasteiger partial charge is 0.141 e. The van der Waals surface area contributed by atoms with E-state index >= 15 is 0 Å². The van der Waals surface area contributed by atoms with E-state index in [0.717, 1.165) is 24.8 Å². The van der Waals surface area contributed by atoms with Gasteiger partial charge < -0.3 is 10.2 Å². The molecule has 1 atom stereocenters. The summed E-state index contributed by atoms with van der Waals surface area (Å²) in [6.45, 7) is 2.03. The molecular weight excluding hydrogens is 251 g/mol. The lowest BCUT2D eigenvalue weighted by Gasteiger charge is -2.35. The first-order valence-electron chi connectivity index (χ1n) is 6.68. The van der Waals surface area contributed by atoms with Gasteiger partial charge in [0.2, 0.25) is 0 Å². The van der Waals surface area contributed by atoms with Crippen LogP contribution in [0.4, 0.5) is 10.1 Å². The van der Waals surface area contributed by atoms with Gasteiger partial charge in [0.1, 0.15) is 5.82 Å². The molecule has 2 fully saturated rings. The van der Waals surface area contributed by atoms with E-state index in [1.165, 1.54) is 31.7 Å². The maximum Gasteiger partial charge on any atom is 0.141 e. The van der Waals surface area contributed by atoms with Crippen LogP contribution in [0.2, 0.25) is 5.02 Å². The van der Waals surface area contributed by atoms with Gasteiger partial charge in [-0.3, -0.25) is 0 Å². The molecule has 4 heteroatoms. The summed E-state index contributed by atoms with van der Waals surface area (Å²) in [5.41, 5.74) is 1.03. The van der Waals surface area contributed by atoms with E-state index in [1.807, 2.05) is 6.07 Å². The molecule has 1 aliphatic carbocycles. The number of anilines is 1. The van der Waals surface area contributed by atoms with E-state index in [2.05, 4.69) is 10.2 Å². The Kier molecular flexibility index (Phi) is 3.44. The molecule has 0 amide bonds. The first kappa shape index (κ1) is 12.2. The van der Waals surface area contributed by atoms with Crippen LogP contribution in [0, 0.1) is 5.82 Å². The zero-order valence-electron chi connectivity index (χ0n) is 10.3. The van der Waals surface area contributed by atoms with Gasteiger partial charge in [0.05, 0.1) is 5.02 Å². The van der Waals surface area contributed by atoms with Gasteiger partial charge in [-0.15, -0.1) is 0 Å². The average Bonchev–Trinajstić information content (AvgIpc) is 3.17. The van der Waals surface area contributed by atoms with Gasteiger partial charge in [-0.05, 0) is 43.9 Å². The summed E-state index contributed by atoms with van der Waals surface area (Å²) in [6.07, 6.45) is 5.05. The van der Waals surface area contributed by atoms with Crippen molar-refractivity contribution in [3.63, 3.8) is 0 Å². The van der Waals surface area contributed by atoms with Crippen molar-refractivity contribution in [2.45, 2.75) is 37.8 Å². The summed E-state index contributed by atoms with van der Waals surface area (Å²) in [5.74, 6) is -0.343. The molecule has 1 saturated carbocycles. The highest BCUT2D eigenvalue weighted by molar-refractivity contribution is 6.31. The van der Waals surface area contributed by atoms with E-state index in [9.17, 15) is 4.39 Å². The molecule has 1 N–H and O–H groups in total. The van der Waals surface area contributed by atoms with Crippen LogP contribution >= 0.6 is 11.6 Å². The largest absolute Gasteiger partial charge is 0.370 e. The molecule has 1 saturated heterocycles. The Morgan fingerprint density at radius 3 is 2.78 bits per heavy atom. The van der Waals surface area contributed by atoms with Crippen molar-refractivity contribution in [3.8, 4) is 0 Å². The Bertz CT molecular complexity index is 434. The SMILES string of the molecule is Fc1ccc(N2CCCC(NC3CC3)C2)cc1Cl. The van der Waals surface area contributed by atoms with Crippen molar-refractivity contribution in [1.82, 2.24) is 5.32 Å². The van der Waals surface area contributed by atoms with E-state index in [-0.39, 0.29) is 10.8 Å². The van der Waals surface area contributed by atoms with Crippen molar-refractivity contribution < 1.29 is 4.39 Å². The van der Waals surface area contributed by atoms with Crippen molar-refractivity contribution in [3.05, 3.63) is 29.0 Å². The summed E-state index contributed by atoms with van der Waals surface area (Å²) in [5, 5.41) is 3.88. The summed E-state index contributed by atoms with van der Waals surface area (Å²) >= 11 is 5.85.